The molecule has 1 atom stereocenters. The molecular weight excluding hydrogens is 328 g/mol. The van der Waals surface area contributed by atoms with Gasteiger partial charge in [0.2, 0.25) is 0 Å². The molecule has 0 unspecified atom stereocenters. The normalized spacial score (nSPS) is 12.3. The minimum atomic E-state index is -0.390. The zero-order valence-electron chi connectivity index (χ0n) is 16.5. The van der Waals surface area contributed by atoms with Crippen molar-refractivity contribution >= 4 is 11.8 Å². The van der Waals surface area contributed by atoms with Crippen molar-refractivity contribution in [2.24, 2.45) is 0 Å². The van der Waals surface area contributed by atoms with Gasteiger partial charge in [-0.3, -0.25) is 9.69 Å². The fourth-order valence-electron chi connectivity index (χ4n) is 3.11. The second-order valence-corrected chi connectivity index (χ2v) is 6.73. The van der Waals surface area contributed by atoms with Gasteiger partial charge in [-0.1, -0.05) is 24.3 Å². The summed E-state index contributed by atoms with van der Waals surface area (Å²) in [4.78, 5) is 30.2. The highest BCUT2D eigenvalue weighted by Crippen LogP contribution is 2.22. The first kappa shape index (κ1) is 19.9. The van der Waals surface area contributed by atoms with Crippen LogP contribution < -0.4 is 0 Å². The number of ketones is 1. The Hall–Kier alpha value is -2.40. The molecule has 0 radical (unpaired) electrons. The quantitative estimate of drug-likeness (QED) is 0.605. The molecule has 0 amide bonds. The number of carbonyl (C=O) groups is 2. The SMILES string of the molecule is CCOC(=O)c1c(C)[nH]c(C(=O)[C@@H](C)N(C)Cc2ccccc2C)c1C. The maximum atomic E-state index is 13.0. The number of carbonyl (C=O) groups excluding carboxylic acids is 2. The van der Waals surface area contributed by atoms with Crippen molar-refractivity contribution in [3.63, 3.8) is 0 Å². The zero-order chi connectivity index (χ0) is 19.4. The lowest BCUT2D eigenvalue weighted by Crippen LogP contribution is -2.36. The van der Waals surface area contributed by atoms with Crippen molar-refractivity contribution in [1.82, 2.24) is 9.88 Å². The molecule has 1 aromatic heterocycles. The minimum absolute atomic E-state index is 0.0303. The molecule has 5 heteroatoms. The number of H-pyrrole nitrogens is 1. The number of nitrogens with one attached hydrogen (secondary N) is 1. The van der Waals surface area contributed by atoms with E-state index in [4.69, 9.17) is 4.74 Å². The summed E-state index contributed by atoms with van der Waals surface area (Å²) in [7, 11) is 1.94. The maximum absolute atomic E-state index is 13.0. The van der Waals surface area contributed by atoms with Crippen LogP contribution in [-0.4, -0.2) is 41.3 Å². The van der Waals surface area contributed by atoms with Gasteiger partial charge in [0.15, 0.2) is 5.78 Å². The van der Waals surface area contributed by atoms with Gasteiger partial charge in [0, 0.05) is 12.2 Å². The molecule has 1 heterocycles. The van der Waals surface area contributed by atoms with Crippen LogP contribution in [0.5, 0.6) is 0 Å². The van der Waals surface area contributed by atoms with Gasteiger partial charge in [-0.25, -0.2) is 4.79 Å². The number of likely N-dealkylation sites (N-methyl/N-ethyl adjacent to an activating group) is 1. The molecule has 0 saturated heterocycles. The third-order valence-corrected chi connectivity index (χ3v) is 4.89. The van der Waals surface area contributed by atoms with E-state index in [1.807, 2.05) is 31.0 Å². The minimum Gasteiger partial charge on any atom is -0.462 e. The number of aromatic nitrogens is 1. The fraction of sp³-hybridized carbons (Fsp3) is 0.429. The summed E-state index contributed by atoms with van der Waals surface area (Å²) in [5.41, 5.74) is 4.66. The van der Waals surface area contributed by atoms with E-state index >= 15 is 0 Å². The second kappa shape index (κ2) is 8.32. The number of rotatable bonds is 7. The van der Waals surface area contributed by atoms with Crippen molar-refractivity contribution in [2.75, 3.05) is 13.7 Å². The van der Waals surface area contributed by atoms with Gasteiger partial charge in [-0.15, -0.1) is 0 Å². The number of esters is 1. The molecule has 1 N–H and O–H groups in total. The number of aromatic amines is 1. The van der Waals surface area contributed by atoms with Crippen molar-refractivity contribution < 1.29 is 14.3 Å². The number of Topliss-reactive ketones (excluding diaryl/α,β-unsaturated/α-hetero) is 1. The van der Waals surface area contributed by atoms with Gasteiger partial charge in [0.1, 0.15) is 0 Å². The van der Waals surface area contributed by atoms with Gasteiger partial charge in [-0.2, -0.15) is 0 Å². The van der Waals surface area contributed by atoms with Gasteiger partial charge in [-0.05, 0) is 58.4 Å². The van der Waals surface area contributed by atoms with Crippen LogP contribution in [0, 0.1) is 20.8 Å². The van der Waals surface area contributed by atoms with Crippen LogP contribution in [0.3, 0.4) is 0 Å². The summed E-state index contributed by atoms with van der Waals surface area (Å²) in [6, 6.07) is 7.84. The molecule has 0 aliphatic heterocycles. The highest BCUT2D eigenvalue weighted by atomic mass is 16.5. The molecule has 0 spiro atoms. The average molecular weight is 356 g/mol. The topological polar surface area (TPSA) is 62.4 Å². The Balaban J connectivity index is 2.21. The monoisotopic (exact) mass is 356 g/mol. The lowest BCUT2D eigenvalue weighted by molar-refractivity contribution is 0.0525. The van der Waals surface area contributed by atoms with Crippen LogP contribution >= 0.6 is 0 Å². The summed E-state index contributed by atoms with van der Waals surface area (Å²) < 4.78 is 5.10. The maximum Gasteiger partial charge on any atom is 0.340 e. The smallest absolute Gasteiger partial charge is 0.340 e. The van der Waals surface area contributed by atoms with Gasteiger partial charge in [0.05, 0.1) is 23.9 Å². The second-order valence-electron chi connectivity index (χ2n) is 6.73. The number of hydrogen-bond acceptors (Lipinski definition) is 4. The van der Waals surface area contributed by atoms with E-state index in [-0.39, 0.29) is 11.8 Å². The number of ether oxygens (including phenoxy) is 1. The van der Waals surface area contributed by atoms with Crippen molar-refractivity contribution in [1.29, 1.82) is 0 Å². The van der Waals surface area contributed by atoms with E-state index < -0.39 is 5.97 Å². The van der Waals surface area contributed by atoms with Crippen LogP contribution in [0.1, 0.15) is 57.1 Å². The van der Waals surface area contributed by atoms with E-state index in [9.17, 15) is 9.59 Å². The zero-order valence-corrected chi connectivity index (χ0v) is 16.5. The predicted molar refractivity (Wildman–Crippen MR) is 103 cm³/mol. The number of hydrogen-bond donors (Lipinski definition) is 1. The Morgan fingerprint density at radius 3 is 2.46 bits per heavy atom. The van der Waals surface area contributed by atoms with E-state index in [1.54, 1.807) is 20.8 Å². The van der Waals surface area contributed by atoms with E-state index in [0.29, 0.717) is 35.7 Å². The Labute approximate surface area is 155 Å². The highest BCUT2D eigenvalue weighted by Gasteiger charge is 2.27. The third-order valence-electron chi connectivity index (χ3n) is 4.89. The lowest BCUT2D eigenvalue weighted by atomic mass is 10.0. The molecule has 0 saturated carbocycles. The van der Waals surface area contributed by atoms with Gasteiger partial charge < -0.3 is 9.72 Å². The van der Waals surface area contributed by atoms with E-state index in [2.05, 4.69) is 24.0 Å². The van der Waals surface area contributed by atoms with Crippen LogP contribution in [0.2, 0.25) is 0 Å². The van der Waals surface area contributed by atoms with Crippen LogP contribution in [-0.2, 0) is 11.3 Å². The Morgan fingerprint density at radius 1 is 1.19 bits per heavy atom. The van der Waals surface area contributed by atoms with Crippen LogP contribution in [0.4, 0.5) is 0 Å². The Kier molecular flexibility index (Phi) is 6.37. The highest BCUT2D eigenvalue weighted by molar-refractivity contribution is 6.03. The summed E-state index contributed by atoms with van der Waals surface area (Å²) in [5.74, 6) is -0.420. The largest absolute Gasteiger partial charge is 0.462 e. The molecule has 140 valence electrons. The molecule has 2 rings (SSSR count). The summed E-state index contributed by atoms with van der Waals surface area (Å²) in [6.45, 7) is 10.3. The molecule has 5 nitrogen and oxygen atoms in total. The number of nitrogens with zero attached hydrogens (tertiary/aromatic N) is 1. The van der Waals surface area contributed by atoms with Crippen molar-refractivity contribution in [3.8, 4) is 0 Å². The average Bonchev–Trinajstić information content (AvgIpc) is 2.90. The lowest BCUT2D eigenvalue weighted by Gasteiger charge is -2.24. The predicted octanol–water partition coefficient (Wildman–Crippen LogP) is 3.82. The summed E-state index contributed by atoms with van der Waals surface area (Å²) in [5, 5.41) is 0. The summed E-state index contributed by atoms with van der Waals surface area (Å²) in [6.07, 6.45) is 0. The van der Waals surface area contributed by atoms with E-state index in [0.717, 1.165) is 0 Å². The molecule has 0 bridgehead atoms. The first-order chi connectivity index (χ1) is 12.3. The molecule has 0 aliphatic carbocycles. The van der Waals surface area contributed by atoms with Crippen molar-refractivity contribution in [2.45, 2.75) is 47.2 Å². The fourth-order valence-corrected chi connectivity index (χ4v) is 3.11. The Bertz CT molecular complexity index is 808. The van der Waals surface area contributed by atoms with E-state index in [1.165, 1.54) is 11.1 Å². The standard InChI is InChI=1S/C21H28N2O3/c1-7-26-21(25)18-14(3)19(22-15(18)4)20(24)16(5)23(6)12-17-11-9-8-10-13(17)2/h8-11,16,22H,7,12H2,1-6H3/t16-/m1/s1. The third kappa shape index (κ3) is 4.05. The number of aryl methyl sites for hydroxylation is 2. The molecule has 26 heavy (non-hydrogen) atoms. The molecule has 1 aromatic carbocycles. The first-order valence-electron chi connectivity index (χ1n) is 8.93. The van der Waals surface area contributed by atoms with Crippen molar-refractivity contribution in [3.05, 3.63) is 57.9 Å². The van der Waals surface area contributed by atoms with Crippen LogP contribution in [0.15, 0.2) is 24.3 Å². The molecule has 0 fully saturated rings. The molecule has 2 aromatic rings. The Morgan fingerprint density at radius 2 is 1.85 bits per heavy atom. The first-order valence-corrected chi connectivity index (χ1v) is 8.93. The van der Waals surface area contributed by atoms with Gasteiger partial charge in [0.25, 0.3) is 0 Å². The summed E-state index contributed by atoms with van der Waals surface area (Å²) >= 11 is 0. The van der Waals surface area contributed by atoms with Crippen LogP contribution in [0.25, 0.3) is 0 Å². The molecular formula is C21H28N2O3. The molecule has 0 aliphatic rings. The number of benzene rings is 1. The van der Waals surface area contributed by atoms with Gasteiger partial charge >= 0.3 is 5.97 Å².